The van der Waals surface area contributed by atoms with Crippen molar-refractivity contribution in [2.24, 2.45) is 23.7 Å². The normalized spacial score (nSPS) is 29.0. The predicted octanol–water partition coefficient (Wildman–Crippen LogP) is 8.17. The van der Waals surface area contributed by atoms with Crippen LogP contribution in [-0.4, -0.2) is 54.1 Å². The fraction of sp³-hybridized carbons (Fsp3) is 0.657. The summed E-state index contributed by atoms with van der Waals surface area (Å²) in [6.07, 6.45) is -1.05. The van der Waals surface area contributed by atoms with Crippen LogP contribution in [0.25, 0.3) is 0 Å². The summed E-state index contributed by atoms with van der Waals surface area (Å²) in [6, 6.07) is 15.9. The second-order valence-corrected chi connectivity index (χ2v) is 18.9. The Morgan fingerprint density at radius 3 is 1.40 bits per heavy atom. The standard InChI is InChI=1S/C35H54O7Si/c1-22-20-38-33(26-12-16-28(36-8)17-13-26)40-30(22)24(3)32(42-43(10,11)35(5,6)7)25(4)31-23(2)21-39-34(41-31)27-14-18-29(37-9)19-15-27/h12-19,22-25,30-34H,20-21H2,1-11H3. The molecule has 0 saturated carbocycles. The summed E-state index contributed by atoms with van der Waals surface area (Å²) in [5.74, 6) is 2.24. The topological polar surface area (TPSA) is 64.6 Å². The number of benzene rings is 2. The fourth-order valence-corrected chi connectivity index (χ4v) is 7.50. The van der Waals surface area contributed by atoms with Crippen LogP contribution < -0.4 is 9.47 Å². The van der Waals surface area contributed by atoms with E-state index < -0.39 is 20.9 Å². The average Bonchev–Trinajstić information content (AvgIpc) is 2.99. The molecular formula is C35H54O7Si. The van der Waals surface area contributed by atoms with Crippen LogP contribution in [0.4, 0.5) is 0 Å². The molecule has 8 atom stereocenters. The first kappa shape index (κ1) is 33.9. The minimum Gasteiger partial charge on any atom is -0.497 e. The molecule has 0 aromatic heterocycles. The molecule has 0 N–H and O–H groups in total. The largest absolute Gasteiger partial charge is 0.497 e. The van der Waals surface area contributed by atoms with Crippen LogP contribution in [0.1, 0.15) is 72.2 Å². The highest BCUT2D eigenvalue weighted by molar-refractivity contribution is 6.74. The lowest BCUT2D eigenvalue weighted by molar-refractivity contribution is -0.271. The van der Waals surface area contributed by atoms with Gasteiger partial charge >= 0.3 is 0 Å². The van der Waals surface area contributed by atoms with Crippen LogP contribution >= 0.6 is 0 Å². The van der Waals surface area contributed by atoms with Crippen LogP contribution in [0.2, 0.25) is 18.1 Å². The molecular weight excluding hydrogens is 560 g/mol. The van der Waals surface area contributed by atoms with E-state index in [1.54, 1.807) is 14.2 Å². The second-order valence-electron chi connectivity index (χ2n) is 14.1. The molecule has 8 unspecified atom stereocenters. The zero-order valence-electron chi connectivity index (χ0n) is 28.1. The SMILES string of the molecule is COc1ccc(C2OCC(C)C(C(C)C(O[Si](C)(C)C(C)(C)C)C(C)C3OC(c4ccc(OC)cc4)OCC3C)O2)cc1. The third kappa shape index (κ3) is 7.83. The molecule has 43 heavy (non-hydrogen) atoms. The molecule has 0 aliphatic carbocycles. The molecule has 7 nitrogen and oxygen atoms in total. The third-order valence-electron chi connectivity index (χ3n) is 9.79. The van der Waals surface area contributed by atoms with Gasteiger partial charge in [0.1, 0.15) is 11.5 Å². The number of ether oxygens (including phenoxy) is 6. The predicted molar refractivity (Wildman–Crippen MR) is 172 cm³/mol. The molecule has 0 spiro atoms. The van der Waals surface area contributed by atoms with E-state index in [9.17, 15) is 0 Å². The smallest absolute Gasteiger partial charge is 0.192 e. The van der Waals surface area contributed by atoms with Gasteiger partial charge in [-0.1, -0.05) is 72.7 Å². The van der Waals surface area contributed by atoms with E-state index in [-0.39, 0.29) is 47.0 Å². The highest BCUT2D eigenvalue weighted by Crippen LogP contribution is 2.44. The number of methoxy groups -OCH3 is 2. The Morgan fingerprint density at radius 1 is 0.698 bits per heavy atom. The molecule has 2 aliphatic heterocycles. The molecule has 2 aromatic rings. The Hall–Kier alpha value is -1.94. The van der Waals surface area contributed by atoms with Crippen molar-refractivity contribution in [3.05, 3.63) is 59.7 Å². The van der Waals surface area contributed by atoms with Crippen molar-refractivity contribution in [2.75, 3.05) is 27.4 Å². The summed E-state index contributed by atoms with van der Waals surface area (Å²) in [5, 5.41) is 0.0618. The molecule has 8 heteroatoms. The average molecular weight is 615 g/mol. The first-order valence-electron chi connectivity index (χ1n) is 15.8. The number of hydrogen-bond acceptors (Lipinski definition) is 7. The van der Waals surface area contributed by atoms with E-state index in [1.807, 2.05) is 48.5 Å². The first-order chi connectivity index (χ1) is 20.3. The summed E-state index contributed by atoms with van der Waals surface area (Å²) in [5.41, 5.74) is 1.98. The Balaban J connectivity index is 1.61. The lowest BCUT2D eigenvalue weighted by atomic mass is 9.79. The third-order valence-corrected chi connectivity index (χ3v) is 14.3. The van der Waals surface area contributed by atoms with Crippen molar-refractivity contribution in [3.63, 3.8) is 0 Å². The summed E-state index contributed by atoms with van der Waals surface area (Å²) in [4.78, 5) is 0. The van der Waals surface area contributed by atoms with Crippen molar-refractivity contribution in [3.8, 4) is 11.5 Å². The zero-order chi connectivity index (χ0) is 31.5. The molecule has 4 rings (SSSR count). The Morgan fingerprint density at radius 2 is 1.07 bits per heavy atom. The van der Waals surface area contributed by atoms with E-state index in [0.717, 1.165) is 22.6 Å². The lowest BCUT2D eigenvalue weighted by Gasteiger charge is -2.49. The van der Waals surface area contributed by atoms with Gasteiger partial charge in [0.25, 0.3) is 0 Å². The lowest BCUT2D eigenvalue weighted by Crippen LogP contribution is -2.55. The Labute approximate surface area is 260 Å². The van der Waals surface area contributed by atoms with Gasteiger partial charge in [-0.05, 0) is 42.4 Å². The van der Waals surface area contributed by atoms with Gasteiger partial charge in [-0.15, -0.1) is 0 Å². The maximum Gasteiger partial charge on any atom is 0.192 e. The van der Waals surface area contributed by atoms with E-state index in [1.165, 1.54) is 0 Å². The van der Waals surface area contributed by atoms with Crippen molar-refractivity contribution in [1.82, 2.24) is 0 Å². The van der Waals surface area contributed by atoms with Crippen molar-refractivity contribution in [2.45, 2.75) is 97.5 Å². The maximum atomic E-state index is 7.34. The van der Waals surface area contributed by atoms with Crippen LogP contribution in [0.5, 0.6) is 11.5 Å². The van der Waals surface area contributed by atoms with Crippen LogP contribution in [-0.2, 0) is 23.4 Å². The number of hydrogen-bond donors (Lipinski definition) is 0. The molecule has 240 valence electrons. The Kier molecular flexibility index (Phi) is 11.1. The monoisotopic (exact) mass is 614 g/mol. The second kappa shape index (κ2) is 14.0. The summed E-state index contributed by atoms with van der Waals surface area (Å²) < 4.78 is 44.0. The zero-order valence-corrected chi connectivity index (χ0v) is 29.1. The molecule has 0 bridgehead atoms. The summed E-state index contributed by atoms with van der Waals surface area (Å²) in [7, 11) is 1.20. The molecule has 2 saturated heterocycles. The highest BCUT2D eigenvalue weighted by Gasteiger charge is 2.48. The van der Waals surface area contributed by atoms with Crippen molar-refractivity contribution in [1.29, 1.82) is 0 Å². The molecule has 2 heterocycles. The van der Waals surface area contributed by atoms with Gasteiger partial charge in [-0.2, -0.15) is 0 Å². The van der Waals surface area contributed by atoms with Crippen molar-refractivity contribution < 1.29 is 32.8 Å². The van der Waals surface area contributed by atoms with E-state index in [0.29, 0.717) is 13.2 Å². The van der Waals surface area contributed by atoms with Gasteiger partial charge < -0.3 is 32.8 Å². The minimum atomic E-state index is -2.15. The van der Waals surface area contributed by atoms with Crippen LogP contribution in [0.3, 0.4) is 0 Å². The summed E-state index contributed by atoms with van der Waals surface area (Å²) in [6.45, 7) is 21.8. The van der Waals surface area contributed by atoms with Gasteiger partial charge in [-0.3, -0.25) is 0 Å². The van der Waals surface area contributed by atoms with E-state index >= 15 is 0 Å². The minimum absolute atomic E-state index is 0.0504. The van der Waals surface area contributed by atoms with Gasteiger partial charge in [0.05, 0.1) is 45.7 Å². The van der Waals surface area contributed by atoms with Gasteiger partial charge in [0.15, 0.2) is 20.9 Å². The molecule has 2 fully saturated rings. The maximum absolute atomic E-state index is 7.34. The summed E-state index contributed by atoms with van der Waals surface area (Å²) >= 11 is 0. The van der Waals surface area contributed by atoms with Gasteiger partial charge in [0.2, 0.25) is 0 Å². The van der Waals surface area contributed by atoms with Crippen LogP contribution in [0.15, 0.2) is 48.5 Å². The Bertz CT molecular complexity index is 1070. The van der Waals surface area contributed by atoms with Crippen LogP contribution in [0, 0.1) is 23.7 Å². The molecule has 0 amide bonds. The quantitative estimate of drug-likeness (QED) is 0.250. The van der Waals surface area contributed by atoms with E-state index in [4.69, 9.17) is 32.8 Å². The van der Waals surface area contributed by atoms with Gasteiger partial charge in [0, 0.05) is 34.8 Å². The van der Waals surface area contributed by atoms with E-state index in [2.05, 4.69) is 61.6 Å². The molecule has 2 aliphatic rings. The van der Waals surface area contributed by atoms with Gasteiger partial charge in [-0.25, -0.2) is 0 Å². The fourth-order valence-electron chi connectivity index (χ4n) is 6.04. The molecule has 2 aromatic carbocycles. The van der Waals surface area contributed by atoms with Crippen molar-refractivity contribution >= 4 is 8.32 Å². The molecule has 0 radical (unpaired) electrons. The highest BCUT2D eigenvalue weighted by atomic mass is 28.4. The first-order valence-corrected chi connectivity index (χ1v) is 18.7. The number of rotatable bonds is 10.